The third-order valence-electron chi connectivity index (χ3n) is 4.87. The summed E-state index contributed by atoms with van der Waals surface area (Å²) in [5.74, 6) is 1.08. The molecule has 0 aliphatic carbocycles. The first-order valence-corrected chi connectivity index (χ1v) is 9.69. The average Bonchev–Trinajstić information content (AvgIpc) is 2.67. The van der Waals surface area contributed by atoms with Crippen LogP contribution < -0.4 is 4.74 Å². The minimum absolute atomic E-state index is 0.00305. The first-order valence-electron chi connectivity index (χ1n) is 9.69. The topological polar surface area (TPSA) is 65.8 Å². The van der Waals surface area contributed by atoms with E-state index in [0.717, 1.165) is 44.2 Å². The number of nitriles is 1. The standard InChI is InChI=1S/C21H31N3O3/c1-17(2)19-6-5-18(3)20(15-19)27-16-21(25)24(8-4-7-22)10-9-23-11-13-26-14-12-23/h5-6,15,17H,4,8-14,16H2,1-3H3. The number of nitrogens with zero attached hydrogens (tertiary/aromatic N) is 3. The van der Waals surface area contributed by atoms with Gasteiger partial charge in [-0.25, -0.2) is 0 Å². The summed E-state index contributed by atoms with van der Waals surface area (Å²) >= 11 is 0. The molecule has 0 N–H and O–H groups in total. The van der Waals surface area contributed by atoms with Gasteiger partial charge in [0.05, 0.1) is 25.7 Å². The van der Waals surface area contributed by atoms with Crippen LogP contribution in [0.4, 0.5) is 0 Å². The number of carbonyl (C=O) groups excluding carboxylic acids is 1. The maximum atomic E-state index is 12.7. The van der Waals surface area contributed by atoms with Crippen LogP contribution in [0.3, 0.4) is 0 Å². The van der Waals surface area contributed by atoms with Gasteiger partial charge in [-0.15, -0.1) is 0 Å². The molecule has 0 atom stereocenters. The Morgan fingerprint density at radius 1 is 1.33 bits per heavy atom. The molecule has 0 radical (unpaired) electrons. The normalized spacial score (nSPS) is 14.8. The highest BCUT2D eigenvalue weighted by Crippen LogP contribution is 2.24. The molecular formula is C21H31N3O3. The Bertz CT molecular complexity index is 649. The molecule has 0 bridgehead atoms. The van der Waals surface area contributed by atoms with E-state index in [1.54, 1.807) is 4.90 Å². The lowest BCUT2D eigenvalue weighted by molar-refractivity contribution is -0.133. The van der Waals surface area contributed by atoms with E-state index in [4.69, 9.17) is 14.7 Å². The molecule has 6 nitrogen and oxygen atoms in total. The van der Waals surface area contributed by atoms with Gasteiger partial charge in [-0.05, 0) is 30.0 Å². The molecule has 0 saturated carbocycles. The lowest BCUT2D eigenvalue weighted by Crippen LogP contribution is -2.44. The van der Waals surface area contributed by atoms with Crippen molar-refractivity contribution in [3.63, 3.8) is 0 Å². The second-order valence-corrected chi connectivity index (χ2v) is 7.21. The Hall–Kier alpha value is -2.10. The maximum absolute atomic E-state index is 12.7. The average molecular weight is 373 g/mol. The fourth-order valence-corrected chi connectivity index (χ4v) is 3.00. The number of benzene rings is 1. The van der Waals surface area contributed by atoms with Crippen molar-refractivity contribution in [1.29, 1.82) is 5.26 Å². The molecule has 0 spiro atoms. The zero-order chi connectivity index (χ0) is 19.6. The minimum Gasteiger partial charge on any atom is -0.483 e. The zero-order valence-corrected chi connectivity index (χ0v) is 16.7. The third-order valence-corrected chi connectivity index (χ3v) is 4.87. The van der Waals surface area contributed by atoms with Crippen molar-refractivity contribution in [3.05, 3.63) is 29.3 Å². The van der Waals surface area contributed by atoms with Gasteiger partial charge in [-0.3, -0.25) is 9.69 Å². The minimum atomic E-state index is -0.0761. The van der Waals surface area contributed by atoms with Crippen LogP contribution in [-0.2, 0) is 9.53 Å². The Morgan fingerprint density at radius 2 is 2.07 bits per heavy atom. The lowest BCUT2D eigenvalue weighted by atomic mass is 10.0. The summed E-state index contributed by atoms with van der Waals surface area (Å²) in [6, 6.07) is 8.26. The van der Waals surface area contributed by atoms with E-state index in [0.29, 0.717) is 25.4 Å². The third kappa shape index (κ3) is 6.85. The van der Waals surface area contributed by atoms with Crippen LogP contribution >= 0.6 is 0 Å². The van der Waals surface area contributed by atoms with Crippen LogP contribution in [0.25, 0.3) is 0 Å². The first kappa shape index (κ1) is 21.2. The van der Waals surface area contributed by atoms with Crippen molar-refractivity contribution in [2.75, 3.05) is 52.5 Å². The van der Waals surface area contributed by atoms with E-state index < -0.39 is 0 Å². The van der Waals surface area contributed by atoms with Gasteiger partial charge in [0.15, 0.2) is 6.61 Å². The zero-order valence-electron chi connectivity index (χ0n) is 16.7. The predicted octanol–water partition coefficient (Wildman–Crippen LogP) is 2.57. The molecule has 1 aliphatic heterocycles. The van der Waals surface area contributed by atoms with Gasteiger partial charge in [0.2, 0.25) is 0 Å². The highest BCUT2D eigenvalue weighted by Gasteiger charge is 2.17. The van der Waals surface area contributed by atoms with E-state index in [2.05, 4.69) is 30.9 Å². The Morgan fingerprint density at radius 3 is 2.74 bits per heavy atom. The highest BCUT2D eigenvalue weighted by molar-refractivity contribution is 5.77. The summed E-state index contributed by atoms with van der Waals surface area (Å²) in [7, 11) is 0. The van der Waals surface area contributed by atoms with E-state index in [1.165, 1.54) is 5.56 Å². The van der Waals surface area contributed by atoms with E-state index in [-0.39, 0.29) is 12.5 Å². The van der Waals surface area contributed by atoms with Gasteiger partial charge >= 0.3 is 0 Å². The predicted molar refractivity (Wildman–Crippen MR) is 105 cm³/mol. The summed E-state index contributed by atoms with van der Waals surface area (Å²) in [6.07, 6.45) is 0.330. The van der Waals surface area contributed by atoms with Crippen molar-refractivity contribution in [2.45, 2.75) is 33.1 Å². The number of aryl methyl sites for hydroxylation is 1. The van der Waals surface area contributed by atoms with Crippen molar-refractivity contribution in [2.24, 2.45) is 0 Å². The smallest absolute Gasteiger partial charge is 0.260 e. The molecular weight excluding hydrogens is 342 g/mol. The Balaban J connectivity index is 1.92. The van der Waals surface area contributed by atoms with Crippen LogP contribution in [-0.4, -0.2) is 68.3 Å². The molecule has 1 saturated heterocycles. The summed E-state index contributed by atoms with van der Waals surface area (Å²) in [6.45, 7) is 11.3. The molecule has 1 aromatic carbocycles. The summed E-state index contributed by atoms with van der Waals surface area (Å²) in [5.41, 5.74) is 2.21. The molecule has 2 rings (SSSR count). The fourth-order valence-electron chi connectivity index (χ4n) is 3.00. The molecule has 1 amide bonds. The van der Waals surface area contributed by atoms with Crippen molar-refractivity contribution >= 4 is 5.91 Å². The SMILES string of the molecule is Cc1ccc(C(C)C)cc1OCC(=O)N(CCC#N)CCN1CCOCC1. The molecule has 1 aliphatic rings. The Kier molecular flexibility index (Phi) is 8.56. The number of rotatable bonds is 9. The molecule has 1 fully saturated rings. The highest BCUT2D eigenvalue weighted by atomic mass is 16.5. The maximum Gasteiger partial charge on any atom is 0.260 e. The van der Waals surface area contributed by atoms with Crippen LogP contribution in [0.2, 0.25) is 0 Å². The van der Waals surface area contributed by atoms with E-state index >= 15 is 0 Å². The number of hydrogen-bond donors (Lipinski definition) is 0. The van der Waals surface area contributed by atoms with E-state index in [9.17, 15) is 4.79 Å². The monoisotopic (exact) mass is 373 g/mol. The molecule has 1 aromatic rings. The number of ether oxygens (including phenoxy) is 2. The Labute approximate surface area is 162 Å². The summed E-state index contributed by atoms with van der Waals surface area (Å²) in [4.78, 5) is 16.7. The van der Waals surface area contributed by atoms with Crippen molar-refractivity contribution < 1.29 is 14.3 Å². The quantitative estimate of drug-likeness (QED) is 0.666. The van der Waals surface area contributed by atoms with E-state index in [1.807, 2.05) is 19.1 Å². The number of hydrogen-bond acceptors (Lipinski definition) is 5. The summed E-state index contributed by atoms with van der Waals surface area (Å²) < 4.78 is 11.2. The largest absolute Gasteiger partial charge is 0.483 e. The van der Waals surface area contributed by atoms with Crippen LogP contribution in [0.5, 0.6) is 5.75 Å². The summed E-state index contributed by atoms with van der Waals surface area (Å²) in [5, 5.41) is 8.89. The number of amides is 1. The molecule has 0 aromatic heterocycles. The van der Waals surface area contributed by atoms with Gasteiger partial charge in [0.1, 0.15) is 5.75 Å². The van der Waals surface area contributed by atoms with Crippen LogP contribution in [0.1, 0.15) is 37.3 Å². The second kappa shape index (κ2) is 10.9. The number of carbonyl (C=O) groups is 1. The molecule has 1 heterocycles. The van der Waals surface area contributed by atoms with Gasteiger partial charge in [0, 0.05) is 32.7 Å². The molecule has 148 valence electrons. The van der Waals surface area contributed by atoms with Crippen molar-refractivity contribution in [1.82, 2.24) is 9.80 Å². The van der Waals surface area contributed by atoms with Crippen LogP contribution in [0.15, 0.2) is 18.2 Å². The van der Waals surface area contributed by atoms with Crippen LogP contribution in [0, 0.1) is 18.3 Å². The second-order valence-electron chi connectivity index (χ2n) is 7.21. The van der Waals surface area contributed by atoms with Crippen molar-refractivity contribution in [3.8, 4) is 11.8 Å². The fraction of sp³-hybridized carbons (Fsp3) is 0.619. The molecule has 27 heavy (non-hydrogen) atoms. The van der Waals surface area contributed by atoms with Gasteiger partial charge in [-0.2, -0.15) is 5.26 Å². The first-order chi connectivity index (χ1) is 13.0. The lowest BCUT2D eigenvalue weighted by Gasteiger charge is -2.30. The van der Waals surface area contributed by atoms with Gasteiger partial charge in [-0.1, -0.05) is 26.0 Å². The van der Waals surface area contributed by atoms with Gasteiger partial charge in [0.25, 0.3) is 5.91 Å². The number of morpholine rings is 1. The molecule has 6 heteroatoms. The molecule has 0 unspecified atom stereocenters. The van der Waals surface area contributed by atoms with Gasteiger partial charge < -0.3 is 14.4 Å².